The Kier molecular flexibility index (Phi) is 4.57. The van der Waals surface area contributed by atoms with Crippen LogP contribution in [0.25, 0.3) is 0 Å². The first-order valence-electron chi connectivity index (χ1n) is 6.48. The van der Waals surface area contributed by atoms with Gasteiger partial charge in [-0.2, -0.15) is 0 Å². The highest BCUT2D eigenvalue weighted by Crippen LogP contribution is 2.23. The molecule has 0 aromatic carbocycles. The number of hydrogen-bond donors (Lipinski definition) is 1. The predicted molar refractivity (Wildman–Crippen MR) is 81.6 cm³/mol. The number of halogens is 1. The van der Waals surface area contributed by atoms with Crippen molar-refractivity contribution in [3.63, 3.8) is 0 Å². The van der Waals surface area contributed by atoms with Crippen LogP contribution in [-0.4, -0.2) is 28.3 Å². The highest BCUT2D eigenvalue weighted by Gasteiger charge is 2.23. The maximum atomic E-state index is 12.6. The first-order valence-corrected chi connectivity index (χ1v) is 7.27. The van der Waals surface area contributed by atoms with E-state index in [1.807, 2.05) is 0 Å². The number of carbonyl (C=O) groups is 2. The van der Waals surface area contributed by atoms with E-state index in [-0.39, 0.29) is 12.4 Å². The second kappa shape index (κ2) is 6.22. The van der Waals surface area contributed by atoms with E-state index in [1.54, 1.807) is 39.1 Å². The molecule has 2 rings (SSSR count). The summed E-state index contributed by atoms with van der Waals surface area (Å²) in [7, 11) is 0. The van der Waals surface area contributed by atoms with Crippen molar-refractivity contribution in [3.8, 4) is 0 Å². The molecule has 0 aliphatic rings. The molecule has 0 spiro atoms. The van der Waals surface area contributed by atoms with Crippen LogP contribution in [0.2, 0.25) is 0 Å². The normalized spacial score (nSPS) is 10.5. The molecule has 0 saturated heterocycles. The van der Waals surface area contributed by atoms with Gasteiger partial charge in [0.2, 0.25) is 0 Å². The fourth-order valence-corrected chi connectivity index (χ4v) is 2.55. The molecule has 0 radical (unpaired) electrons. The van der Waals surface area contributed by atoms with E-state index in [0.29, 0.717) is 32.7 Å². The number of carbonyl (C=O) groups excluding carboxylic acids is 2. The molecule has 0 bridgehead atoms. The van der Waals surface area contributed by atoms with Gasteiger partial charge >= 0.3 is 5.97 Å². The number of hydrogen-bond acceptors (Lipinski definition) is 4. The maximum Gasteiger partial charge on any atom is 0.355 e. The van der Waals surface area contributed by atoms with Gasteiger partial charge in [0.05, 0.1) is 6.61 Å². The molecule has 2 aromatic heterocycles. The third-order valence-corrected chi connectivity index (χ3v) is 3.57. The van der Waals surface area contributed by atoms with Crippen LogP contribution in [0.3, 0.4) is 0 Å². The lowest BCUT2D eigenvalue weighted by atomic mass is 10.0. The van der Waals surface area contributed by atoms with Crippen LogP contribution < -0.4 is 0 Å². The molecule has 0 aliphatic carbocycles. The number of pyridine rings is 1. The highest BCUT2D eigenvalue weighted by atomic mass is 79.9. The fourth-order valence-electron chi connectivity index (χ4n) is 2.19. The first-order chi connectivity index (χ1) is 9.95. The summed E-state index contributed by atoms with van der Waals surface area (Å²) < 4.78 is 5.57. The van der Waals surface area contributed by atoms with E-state index < -0.39 is 5.97 Å². The molecule has 21 heavy (non-hydrogen) atoms. The Morgan fingerprint density at radius 1 is 1.38 bits per heavy atom. The van der Waals surface area contributed by atoms with Crippen LogP contribution in [0.1, 0.15) is 44.6 Å². The minimum Gasteiger partial charge on any atom is -0.461 e. The zero-order valence-electron chi connectivity index (χ0n) is 12.0. The predicted octanol–water partition coefficient (Wildman–Crippen LogP) is 3.20. The zero-order valence-corrected chi connectivity index (χ0v) is 13.6. The lowest BCUT2D eigenvalue weighted by Gasteiger charge is -2.03. The number of aromatic amines is 1. The van der Waals surface area contributed by atoms with E-state index in [1.165, 1.54) is 0 Å². The second-order valence-corrected chi connectivity index (χ2v) is 5.35. The SMILES string of the molecule is CCOC(=O)c1[nH]c(C)c(C(=O)c2ccnc(Br)c2)c1C. The van der Waals surface area contributed by atoms with E-state index in [4.69, 9.17) is 4.74 Å². The Morgan fingerprint density at radius 2 is 2.10 bits per heavy atom. The number of nitrogens with zero attached hydrogens (tertiary/aromatic N) is 1. The quantitative estimate of drug-likeness (QED) is 0.522. The van der Waals surface area contributed by atoms with Crippen molar-refractivity contribution in [2.45, 2.75) is 20.8 Å². The van der Waals surface area contributed by atoms with Gasteiger partial charge in [-0.3, -0.25) is 4.79 Å². The molecule has 2 heterocycles. The number of aryl methyl sites for hydroxylation is 1. The molecular formula is C15H15BrN2O3. The summed E-state index contributed by atoms with van der Waals surface area (Å²) in [6.45, 7) is 5.53. The summed E-state index contributed by atoms with van der Waals surface area (Å²) in [5.41, 5.74) is 2.58. The Hall–Kier alpha value is -1.95. The van der Waals surface area contributed by atoms with Crippen molar-refractivity contribution in [3.05, 3.63) is 51.0 Å². The van der Waals surface area contributed by atoms with Crippen LogP contribution in [-0.2, 0) is 4.74 Å². The number of esters is 1. The van der Waals surface area contributed by atoms with Gasteiger partial charge in [0.15, 0.2) is 5.78 Å². The molecule has 6 heteroatoms. The van der Waals surface area contributed by atoms with Crippen molar-refractivity contribution in [1.82, 2.24) is 9.97 Å². The number of rotatable bonds is 4. The average molecular weight is 351 g/mol. The molecule has 0 saturated carbocycles. The largest absolute Gasteiger partial charge is 0.461 e. The molecule has 0 amide bonds. The van der Waals surface area contributed by atoms with E-state index in [9.17, 15) is 9.59 Å². The van der Waals surface area contributed by atoms with Crippen LogP contribution in [0.15, 0.2) is 22.9 Å². The topological polar surface area (TPSA) is 72.1 Å². The molecule has 1 N–H and O–H groups in total. The summed E-state index contributed by atoms with van der Waals surface area (Å²) >= 11 is 3.24. The number of ketones is 1. The lowest BCUT2D eigenvalue weighted by molar-refractivity contribution is 0.0519. The zero-order chi connectivity index (χ0) is 15.6. The second-order valence-electron chi connectivity index (χ2n) is 4.54. The van der Waals surface area contributed by atoms with Gasteiger partial charge in [-0.1, -0.05) is 0 Å². The summed E-state index contributed by atoms with van der Waals surface area (Å²) in [6, 6.07) is 3.29. The maximum absolute atomic E-state index is 12.6. The van der Waals surface area contributed by atoms with Crippen molar-refractivity contribution in [1.29, 1.82) is 0 Å². The fraction of sp³-hybridized carbons (Fsp3) is 0.267. The highest BCUT2D eigenvalue weighted by molar-refractivity contribution is 9.10. The van der Waals surface area contributed by atoms with Gasteiger partial charge in [0, 0.05) is 23.0 Å². The van der Waals surface area contributed by atoms with Crippen LogP contribution in [0.4, 0.5) is 0 Å². The van der Waals surface area contributed by atoms with Crippen LogP contribution in [0.5, 0.6) is 0 Å². The smallest absolute Gasteiger partial charge is 0.355 e. The van der Waals surface area contributed by atoms with E-state index >= 15 is 0 Å². The Bertz CT molecular complexity index is 707. The molecular weight excluding hydrogens is 336 g/mol. The van der Waals surface area contributed by atoms with E-state index in [2.05, 4.69) is 25.9 Å². The van der Waals surface area contributed by atoms with Crippen molar-refractivity contribution in [2.75, 3.05) is 6.61 Å². The van der Waals surface area contributed by atoms with Gasteiger partial charge in [-0.05, 0) is 54.4 Å². The minimum atomic E-state index is -0.451. The molecule has 0 unspecified atom stereocenters. The monoisotopic (exact) mass is 350 g/mol. The van der Waals surface area contributed by atoms with Crippen LogP contribution in [0, 0.1) is 13.8 Å². The van der Waals surface area contributed by atoms with Gasteiger partial charge in [-0.15, -0.1) is 0 Å². The summed E-state index contributed by atoms with van der Waals surface area (Å²) in [4.78, 5) is 31.4. The Labute approximate surface area is 130 Å². The standard InChI is InChI=1S/C15H15BrN2O3/c1-4-21-15(20)13-8(2)12(9(3)18-13)14(19)10-5-6-17-11(16)7-10/h5-7,18H,4H2,1-3H3. The van der Waals surface area contributed by atoms with Gasteiger partial charge in [0.1, 0.15) is 10.3 Å². The lowest BCUT2D eigenvalue weighted by Crippen LogP contribution is -2.08. The average Bonchev–Trinajstić information content (AvgIpc) is 2.73. The number of aromatic nitrogens is 2. The summed E-state index contributed by atoms with van der Waals surface area (Å²) in [5, 5.41) is 0. The number of H-pyrrole nitrogens is 1. The summed E-state index contributed by atoms with van der Waals surface area (Å²) in [6.07, 6.45) is 1.56. The molecule has 0 atom stereocenters. The first kappa shape index (κ1) is 15.4. The molecule has 5 nitrogen and oxygen atoms in total. The molecule has 0 fully saturated rings. The Balaban J connectivity index is 2.45. The van der Waals surface area contributed by atoms with Crippen molar-refractivity contribution in [2.24, 2.45) is 0 Å². The van der Waals surface area contributed by atoms with Crippen molar-refractivity contribution >= 4 is 27.7 Å². The van der Waals surface area contributed by atoms with Crippen LogP contribution >= 0.6 is 15.9 Å². The van der Waals surface area contributed by atoms with E-state index in [0.717, 1.165) is 0 Å². The third kappa shape index (κ3) is 3.05. The number of nitrogens with one attached hydrogen (secondary N) is 1. The minimum absolute atomic E-state index is 0.153. The third-order valence-electron chi connectivity index (χ3n) is 3.13. The van der Waals surface area contributed by atoms with Gasteiger partial charge in [0.25, 0.3) is 0 Å². The van der Waals surface area contributed by atoms with Crippen molar-refractivity contribution < 1.29 is 14.3 Å². The molecule has 2 aromatic rings. The van der Waals surface area contributed by atoms with Gasteiger partial charge < -0.3 is 9.72 Å². The number of ether oxygens (including phenoxy) is 1. The molecule has 0 aliphatic heterocycles. The van der Waals surface area contributed by atoms with Gasteiger partial charge in [-0.25, -0.2) is 9.78 Å². The Morgan fingerprint density at radius 3 is 2.71 bits per heavy atom. The summed E-state index contributed by atoms with van der Waals surface area (Å²) in [5.74, 6) is -0.604. The molecule has 110 valence electrons.